The van der Waals surface area contributed by atoms with Gasteiger partial charge in [0.1, 0.15) is 5.82 Å². The fourth-order valence-corrected chi connectivity index (χ4v) is 1.64. The number of nitrogens with two attached hydrogens (primary N) is 1. The zero-order valence-corrected chi connectivity index (χ0v) is 10.3. The van der Waals surface area contributed by atoms with Crippen molar-refractivity contribution in [2.24, 2.45) is 5.92 Å². The van der Waals surface area contributed by atoms with E-state index in [-0.39, 0.29) is 17.2 Å². The third-order valence-corrected chi connectivity index (χ3v) is 3.00. The lowest BCUT2D eigenvalue weighted by Gasteiger charge is -2.14. The molecule has 0 bridgehead atoms. The number of carbonyl (C=O) groups is 1. The number of rotatable bonds is 5. The van der Waals surface area contributed by atoms with Gasteiger partial charge in [-0.15, -0.1) is 0 Å². The number of para-hydroxylation sites is 1. The summed E-state index contributed by atoms with van der Waals surface area (Å²) in [6.07, 6.45) is 2.02. The van der Waals surface area contributed by atoms with Crippen LogP contribution in [-0.4, -0.2) is 12.5 Å². The van der Waals surface area contributed by atoms with Crippen molar-refractivity contribution in [2.75, 3.05) is 12.3 Å². The average molecular weight is 238 g/mol. The Bertz CT molecular complexity index is 389. The molecule has 0 aromatic heterocycles. The number of hydrogen-bond acceptors (Lipinski definition) is 2. The van der Waals surface area contributed by atoms with E-state index in [0.29, 0.717) is 12.5 Å². The summed E-state index contributed by atoms with van der Waals surface area (Å²) in [5.41, 5.74) is 5.64. The molecule has 0 atom stereocenters. The van der Waals surface area contributed by atoms with Crippen molar-refractivity contribution in [3.8, 4) is 0 Å². The van der Waals surface area contributed by atoms with Gasteiger partial charge in [-0.05, 0) is 18.1 Å². The summed E-state index contributed by atoms with van der Waals surface area (Å²) in [7, 11) is 0. The number of halogens is 1. The van der Waals surface area contributed by atoms with Crippen LogP contribution in [0.5, 0.6) is 0 Å². The predicted octanol–water partition coefficient (Wildman–Crippen LogP) is 2.57. The second kappa shape index (κ2) is 6.23. The fraction of sp³-hybridized carbons (Fsp3) is 0.462. The van der Waals surface area contributed by atoms with Crippen LogP contribution in [0.2, 0.25) is 0 Å². The minimum Gasteiger partial charge on any atom is -0.396 e. The summed E-state index contributed by atoms with van der Waals surface area (Å²) < 4.78 is 13.2. The van der Waals surface area contributed by atoms with E-state index >= 15 is 0 Å². The zero-order chi connectivity index (χ0) is 12.8. The first-order valence-corrected chi connectivity index (χ1v) is 5.92. The predicted molar refractivity (Wildman–Crippen MR) is 67.2 cm³/mol. The summed E-state index contributed by atoms with van der Waals surface area (Å²) in [5, 5.41) is 2.78. The first-order valence-electron chi connectivity index (χ1n) is 5.92. The summed E-state index contributed by atoms with van der Waals surface area (Å²) in [4.78, 5) is 11.8. The van der Waals surface area contributed by atoms with Crippen LogP contribution in [-0.2, 0) is 0 Å². The lowest BCUT2D eigenvalue weighted by molar-refractivity contribution is 0.0947. The van der Waals surface area contributed by atoms with Crippen LogP contribution in [0.1, 0.15) is 37.0 Å². The third kappa shape index (κ3) is 3.44. The molecule has 0 radical (unpaired) electrons. The molecule has 0 spiro atoms. The van der Waals surface area contributed by atoms with Crippen molar-refractivity contribution in [3.05, 3.63) is 29.6 Å². The maximum Gasteiger partial charge on any atom is 0.253 e. The van der Waals surface area contributed by atoms with Crippen LogP contribution in [0, 0.1) is 11.7 Å². The van der Waals surface area contributed by atoms with Gasteiger partial charge in [0.25, 0.3) is 5.91 Å². The van der Waals surface area contributed by atoms with E-state index in [2.05, 4.69) is 19.2 Å². The van der Waals surface area contributed by atoms with E-state index in [9.17, 15) is 9.18 Å². The molecule has 94 valence electrons. The third-order valence-electron chi connectivity index (χ3n) is 3.00. The molecule has 17 heavy (non-hydrogen) atoms. The molecule has 0 aliphatic heterocycles. The highest BCUT2D eigenvalue weighted by Crippen LogP contribution is 2.15. The standard InChI is InChI=1S/C13H19FN2O/c1-3-9(4-2)8-16-13(17)10-6-5-7-11(14)12(10)15/h5-7,9H,3-4,8,15H2,1-2H3,(H,16,17). The molecule has 0 saturated carbocycles. The quantitative estimate of drug-likeness (QED) is 0.775. The van der Waals surface area contributed by atoms with E-state index in [1.807, 2.05) is 0 Å². The molecule has 0 unspecified atom stereocenters. The summed E-state index contributed by atoms with van der Waals surface area (Å²) >= 11 is 0. The number of benzene rings is 1. The SMILES string of the molecule is CCC(CC)CNC(=O)c1cccc(F)c1N. The van der Waals surface area contributed by atoms with E-state index in [1.165, 1.54) is 18.2 Å². The van der Waals surface area contributed by atoms with Crippen LogP contribution in [0.25, 0.3) is 0 Å². The zero-order valence-electron chi connectivity index (χ0n) is 10.3. The Kier molecular flexibility index (Phi) is 4.94. The molecule has 0 fully saturated rings. The van der Waals surface area contributed by atoms with Crippen LogP contribution >= 0.6 is 0 Å². The normalized spacial score (nSPS) is 10.6. The van der Waals surface area contributed by atoms with Gasteiger partial charge in [-0.1, -0.05) is 32.8 Å². The highest BCUT2D eigenvalue weighted by molar-refractivity contribution is 5.99. The van der Waals surface area contributed by atoms with Crippen molar-refractivity contribution in [3.63, 3.8) is 0 Å². The Morgan fingerprint density at radius 2 is 2.06 bits per heavy atom. The molecule has 4 heteroatoms. The Balaban J connectivity index is 2.67. The summed E-state index contributed by atoms with van der Waals surface area (Å²) in [6.45, 7) is 4.76. The van der Waals surface area contributed by atoms with Crippen molar-refractivity contribution in [1.82, 2.24) is 5.32 Å². The monoisotopic (exact) mass is 238 g/mol. The maximum absolute atomic E-state index is 13.2. The maximum atomic E-state index is 13.2. The molecule has 1 aromatic carbocycles. The highest BCUT2D eigenvalue weighted by Gasteiger charge is 2.13. The number of amides is 1. The highest BCUT2D eigenvalue weighted by atomic mass is 19.1. The molecule has 0 aliphatic carbocycles. The van der Waals surface area contributed by atoms with Crippen LogP contribution < -0.4 is 11.1 Å². The summed E-state index contributed by atoms with van der Waals surface area (Å²) in [5.74, 6) is -0.414. The van der Waals surface area contributed by atoms with Gasteiger partial charge in [0.2, 0.25) is 0 Å². The second-order valence-corrected chi connectivity index (χ2v) is 4.09. The van der Waals surface area contributed by atoms with Crippen molar-refractivity contribution in [1.29, 1.82) is 0 Å². The first-order chi connectivity index (χ1) is 8.10. The van der Waals surface area contributed by atoms with Gasteiger partial charge in [0, 0.05) is 6.54 Å². The topological polar surface area (TPSA) is 55.1 Å². The fourth-order valence-electron chi connectivity index (χ4n) is 1.64. The Morgan fingerprint density at radius 1 is 1.41 bits per heavy atom. The first kappa shape index (κ1) is 13.5. The Hall–Kier alpha value is -1.58. The minimum absolute atomic E-state index is 0.0884. The number of hydrogen-bond donors (Lipinski definition) is 2. The smallest absolute Gasteiger partial charge is 0.253 e. The lowest BCUT2D eigenvalue weighted by Crippen LogP contribution is -2.29. The minimum atomic E-state index is -0.555. The average Bonchev–Trinajstić information content (AvgIpc) is 2.33. The van der Waals surface area contributed by atoms with Gasteiger partial charge in [-0.2, -0.15) is 0 Å². The van der Waals surface area contributed by atoms with Gasteiger partial charge < -0.3 is 11.1 Å². The van der Waals surface area contributed by atoms with E-state index in [0.717, 1.165) is 12.8 Å². The molecule has 0 heterocycles. The molecule has 3 N–H and O–H groups in total. The van der Waals surface area contributed by atoms with Crippen LogP contribution in [0.3, 0.4) is 0 Å². The number of anilines is 1. The summed E-state index contributed by atoms with van der Waals surface area (Å²) in [6, 6.07) is 4.26. The second-order valence-electron chi connectivity index (χ2n) is 4.09. The number of nitrogen functional groups attached to an aromatic ring is 1. The van der Waals surface area contributed by atoms with Gasteiger partial charge >= 0.3 is 0 Å². The molecule has 3 nitrogen and oxygen atoms in total. The van der Waals surface area contributed by atoms with Gasteiger partial charge in [0.15, 0.2) is 0 Å². The molecule has 1 rings (SSSR count). The van der Waals surface area contributed by atoms with Crippen molar-refractivity contribution in [2.45, 2.75) is 26.7 Å². The van der Waals surface area contributed by atoms with Gasteiger partial charge in [-0.25, -0.2) is 4.39 Å². The van der Waals surface area contributed by atoms with Crippen molar-refractivity contribution >= 4 is 11.6 Å². The lowest BCUT2D eigenvalue weighted by atomic mass is 10.0. The largest absolute Gasteiger partial charge is 0.396 e. The van der Waals surface area contributed by atoms with E-state index in [4.69, 9.17) is 5.73 Å². The number of nitrogens with one attached hydrogen (secondary N) is 1. The van der Waals surface area contributed by atoms with E-state index < -0.39 is 5.82 Å². The molecule has 0 aliphatic rings. The van der Waals surface area contributed by atoms with Crippen LogP contribution in [0.4, 0.5) is 10.1 Å². The van der Waals surface area contributed by atoms with Gasteiger partial charge in [-0.3, -0.25) is 4.79 Å². The molecule has 1 amide bonds. The van der Waals surface area contributed by atoms with E-state index in [1.54, 1.807) is 0 Å². The van der Waals surface area contributed by atoms with Crippen LogP contribution in [0.15, 0.2) is 18.2 Å². The Labute approximate surface area is 101 Å². The molecule has 0 saturated heterocycles. The molecular weight excluding hydrogens is 219 g/mol. The Morgan fingerprint density at radius 3 is 2.65 bits per heavy atom. The molecular formula is C13H19FN2O. The van der Waals surface area contributed by atoms with Gasteiger partial charge in [0.05, 0.1) is 11.3 Å². The molecule has 1 aromatic rings. The van der Waals surface area contributed by atoms with Crippen molar-refractivity contribution < 1.29 is 9.18 Å². The number of carbonyl (C=O) groups excluding carboxylic acids is 1.